The third-order valence-electron chi connectivity index (χ3n) is 3.81. The molecule has 7 heteroatoms. The summed E-state index contributed by atoms with van der Waals surface area (Å²) < 4.78 is 0. The molecule has 1 saturated heterocycles. The van der Waals surface area contributed by atoms with Gasteiger partial charge in [-0.2, -0.15) is 0 Å². The number of piperidine rings is 1. The number of carbonyl (C=O) groups excluding carboxylic acids is 2. The molecular weight excluding hydrogens is 274 g/mol. The molecule has 0 aliphatic carbocycles. The van der Waals surface area contributed by atoms with Gasteiger partial charge in [-0.1, -0.05) is 20.8 Å². The number of carbonyl (C=O) groups is 3. The molecule has 1 aliphatic heterocycles. The first-order valence-corrected chi connectivity index (χ1v) is 7.21. The number of hydrogen-bond donors (Lipinski definition) is 3. The molecule has 2 unspecified atom stereocenters. The van der Waals surface area contributed by atoms with Crippen LogP contribution in [0.1, 0.15) is 46.5 Å². The van der Waals surface area contributed by atoms with Crippen LogP contribution >= 0.6 is 0 Å². The number of carboxylic acids is 1. The molecule has 120 valence electrons. The lowest BCUT2D eigenvalue weighted by Gasteiger charge is -2.37. The molecule has 2 atom stereocenters. The van der Waals surface area contributed by atoms with Crippen LogP contribution in [0.15, 0.2) is 0 Å². The summed E-state index contributed by atoms with van der Waals surface area (Å²) in [6.45, 7) is 6.05. The number of nitrogens with two attached hydrogens (primary N) is 1. The van der Waals surface area contributed by atoms with E-state index in [-0.39, 0.29) is 6.42 Å². The van der Waals surface area contributed by atoms with Crippen LogP contribution in [-0.4, -0.2) is 46.5 Å². The maximum atomic E-state index is 12.4. The second-order valence-electron chi connectivity index (χ2n) is 6.57. The number of likely N-dealkylation sites (tertiary alicyclic amines) is 1. The first-order valence-electron chi connectivity index (χ1n) is 7.21. The molecule has 21 heavy (non-hydrogen) atoms. The number of urea groups is 1. The second-order valence-corrected chi connectivity index (χ2v) is 6.57. The third kappa shape index (κ3) is 4.91. The fraction of sp³-hybridized carbons (Fsp3) is 0.786. The van der Waals surface area contributed by atoms with Crippen molar-refractivity contribution < 1.29 is 19.5 Å². The molecule has 0 aromatic carbocycles. The van der Waals surface area contributed by atoms with Crippen LogP contribution in [0.5, 0.6) is 0 Å². The standard InChI is InChI=1S/C14H25N3O4/c1-14(2,3)10(8-11(18)19)16-13(21)17-7-5-4-6-9(17)12(15)20/h9-10H,4-8H2,1-3H3,(H2,15,20)(H,16,21)(H,18,19). The van der Waals surface area contributed by atoms with Gasteiger partial charge in [-0.05, 0) is 24.7 Å². The number of nitrogens with one attached hydrogen (secondary N) is 1. The maximum Gasteiger partial charge on any atom is 0.318 e. The fourth-order valence-electron chi connectivity index (χ4n) is 2.45. The van der Waals surface area contributed by atoms with E-state index in [1.165, 1.54) is 4.90 Å². The van der Waals surface area contributed by atoms with Crippen molar-refractivity contribution >= 4 is 17.9 Å². The summed E-state index contributed by atoms with van der Waals surface area (Å²) in [7, 11) is 0. The van der Waals surface area contributed by atoms with Gasteiger partial charge in [-0.15, -0.1) is 0 Å². The lowest BCUT2D eigenvalue weighted by atomic mass is 9.85. The predicted octanol–water partition coefficient (Wildman–Crippen LogP) is 0.925. The van der Waals surface area contributed by atoms with Crippen LogP contribution in [0.4, 0.5) is 4.79 Å². The Labute approximate surface area is 124 Å². The zero-order valence-corrected chi connectivity index (χ0v) is 12.9. The molecule has 0 spiro atoms. The first-order chi connectivity index (χ1) is 9.62. The highest BCUT2D eigenvalue weighted by Gasteiger charge is 2.34. The van der Waals surface area contributed by atoms with Gasteiger partial charge in [0, 0.05) is 12.6 Å². The Hall–Kier alpha value is -1.79. The number of hydrogen-bond acceptors (Lipinski definition) is 3. The lowest BCUT2D eigenvalue weighted by Crippen LogP contribution is -2.57. The van der Waals surface area contributed by atoms with Crippen LogP contribution in [0.2, 0.25) is 0 Å². The Bertz CT molecular complexity index is 417. The van der Waals surface area contributed by atoms with Gasteiger partial charge in [0.05, 0.1) is 6.42 Å². The lowest BCUT2D eigenvalue weighted by molar-refractivity contribution is -0.138. The Morgan fingerprint density at radius 1 is 1.33 bits per heavy atom. The molecule has 7 nitrogen and oxygen atoms in total. The molecule has 0 aromatic rings. The van der Waals surface area contributed by atoms with E-state index in [4.69, 9.17) is 10.8 Å². The molecule has 0 bridgehead atoms. The van der Waals surface area contributed by atoms with E-state index in [0.717, 1.165) is 12.8 Å². The van der Waals surface area contributed by atoms with E-state index in [1.54, 1.807) is 0 Å². The third-order valence-corrected chi connectivity index (χ3v) is 3.81. The summed E-state index contributed by atoms with van der Waals surface area (Å²) in [4.78, 5) is 36.2. The molecule has 0 aromatic heterocycles. The smallest absolute Gasteiger partial charge is 0.318 e. The average molecular weight is 299 g/mol. The monoisotopic (exact) mass is 299 g/mol. The van der Waals surface area contributed by atoms with Gasteiger partial charge in [-0.3, -0.25) is 9.59 Å². The number of amides is 3. The van der Waals surface area contributed by atoms with Gasteiger partial charge in [0.2, 0.25) is 5.91 Å². The van der Waals surface area contributed by atoms with Gasteiger partial charge in [0.1, 0.15) is 6.04 Å². The molecule has 1 heterocycles. The number of primary amides is 1. The van der Waals surface area contributed by atoms with Crippen LogP contribution in [0.25, 0.3) is 0 Å². The van der Waals surface area contributed by atoms with E-state index in [1.807, 2.05) is 20.8 Å². The van der Waals surface area contributed by atoms with E-state index < -0.39 is 35.4 Å². The van der Waals surface area contributed by atoms with Crippen molar-refractivity contribution in [1.29, 1.82) is 0 Å². The molecule has 1 rings (SSSR count). The summed E-state index contributed by atoms with van der Waals surface area (Å²) in [5.74, 6) is -1.49. The summed E-state index contributed by atoms with van der Waals surface area (Å²) in [5.41, 5.74) is 4.94. The van der Waals surface area contributed by atoms with Crippen LogP contribution < -0.4 is 11.1 Å². The van der Waals surface area contributed by atoms with E-state index >= 15 is 0 Å². The number of carboxylic acid groups (broad SMARTS) is 1. The fourth-order valence-corrected chi connectivity index (χ4v) is 2.45. The minimum absolute atomic E-state index is 0.162. The van der Waals surface area contributed by atoms with Crippen LogP contribution in [0.3, 0.4) is 0 Å². The second kappa shape index (κ2) is 6.78. The van der Waals surface area contributed by atoms with Gasteiger partial charge in [0.15, 0.2) is 0 Å². The minimum atomic E-state index is -0.972. The van der Waals surface area contributed by atoms with Gasteiger partial charge >= 0.3 is 12.0 Å². The van der Waals surface area contributed by atoms with Crippen LogP contribution in [-0.2, 0) is 9.59 Å². The van der Waals surface area contributed by atoms with Crippen molar-refractivity contribution in [2.45, 2.75) is 58.5 Å². The summed E-state index contributed by atoms with van der Waals surface area (Å²) in [6, 6.07) is -1.54. The largest absolute Gasteiger partial charge is 0.481 e. The highest BCUT2D eigenvalue weighted by atomic mass is 16.4. The molecule has 3 amide bonds. The first kappa shape index (κ1) is 17.3. The minimum Gasteiger partial charge on any atom is -0.481 e. The van der Waals surface area contributed by atoms with Gasteiger partial charge in [-0.25, -0.2) is 4.79 Å². The molecule has 0 saturated carbocycles. The topological polar surface area (TPSA) is 113 Å². The summed E-state index contributed by atoms with van der Waals surface area (Å²) >= 11 is 0. The summed E-state index contributed by atoms with van der Waals surface area (Å²) in [6.07, 6.45) is 2.07. The quantitative estimate of drug-likeness (QED) is 0.716. The van der Waals surface area contributed by atoms with E-state index in [2.05, 4.69) is 5.32 Å². The SMILES string of the molecule is CC(C)(C)C(CC(=O)O)NC(=O)N1CCCCC1C(N)=O. The van der Waals surface area contributed by atoms with E-state index in [9.17, 15) is 14.4 Å². The Morgan fingerprint density at radius 2 is 1.95 bits per heavy atom. The summed E-state index contributed by atoms with van der Waals surface area (Å²) in [5, 5.41) is 11.7. The Balaban J connectivity index is 2.80. The molecule has 1 fully saturated rings. The zero-order valence-electron chi connectivity index (χ0n) is 12.9. The number of rotatable bonds is 4. The average Bonchev–Trinajstić information content (AvgIpc) is 2.36. The molecule has 1 aliphatic rings. The highest BCUT2D eigenvalue weighted by Crippen LogP contribution is 2.23. The Kier molecular flexibility index (Phi) is 5.57. The van der Waals surface area contributed by atoms with Crippen molar-refractivity contribution in [3.8, 4) is 0 Å². The predicted molar refractivity (Wildman–Crippen MR) is 77.6 cm³/mol. The number of aliphatic carboxylic acids is 1. The molecular formula is C14H25N3O4. The van der Waals surface area contributed by atoms with Crippen molar-refractivity contribution in [3.05, 3.63) is 0 Å². The molecule has 4 N–H and O–H groups in total. The normalized spacial score (nSPS) is 20.7. The molecule has 0 radical (unpaired) electrons. The van der Waals surface area contributed by atoms with Crippen molar-refractivity contribution in [2.75, 3.05) is 6.54 Å². The van der Waals surface area contributed by atoms with Gasteiger partial charge in [0.25, 0.3) is 0 Å². The van der Waals surface area contributed by atoms with Crippen molar-refractivity contribution in [1.82, 2.24) is 10.2 Å². The maximum absolute atomic E-state index is 12.4. The zero-order chi connectivity index (χ0) is 16.2. The van der Waals surface area contributed by atoms with Crippen LogP contribution in [0, 0.1) is 5.41 Å². The Morgan fingerprint density at radius 3 is 2.43 bits per heavy atom. The highest BCUT2D eigenvalue weighted by molar-refractivity contribution is 5.86. The van der Waals surface area contributed by atoms with Gasteiger partial charge < -0.3 is 21.1 Å². The van der Waals surface area contributed by atoms with E-state index in [0.29, 0.717) is 13.0 Å². The number of nitrogens with zero attached hydrogens (tertiary/aromatic N) is 1. The van der Waals surface area contributed by atoms with Crippen molar-refractivity contribution in [2.24, 2.45) is 11.1 Å². The van der Waals surface area contributed by atoms with Crippen molar-refractivity contribution in [3.63, 3.8) is 0 Å².